The van der Waals surface area contributed by atoms with Crippen LogP contribution in [0.5, 0.6) is 0 Å². The molecule has 3 N–H and O–H groups in total. The molecule has 0 radical (unpaired) electrons. The molecule has 0 amide bonds. The zero-order valence-electron chi connectivity index (χ0n) is 11.5. The van der Waals surface area contributed by atoms with Gasteiger partial charge in [-0.3, -0.25) is 0 Å². The number of hydrogen-bond donors (Lipinski definition) is 2. The van der Waals surface area contributed by atoms with Gasteiger partial charge < -0.3 is 15.6 Å². The molecule has 5 nitrogen and oxygen atoms in total. The highest BCUT2D eigenvalue weighted by molar-refractivity contribution is 9.11. The van der Waals surface area contributed by atoms with Crippen molar-refractivity contribution in [2.75, 3.05) is 24.7 Å². The van der Waals surface area contributed by atoms with E-state index in [-0.39, 0.29) is 0 Å². The summed E-state index contributed by atoms with van der Waals surface area (Å²) < 4.78 is 1.76. The number of anilines is 2. The van der Waals surface area contributed by atoms with Crippen LogP contribution in [0.2, 0.25) is 0 Å². The molecule has 2 heterocycles. The Morgan fingerprint density at radius 2 is 1.90 bits per heavy atom. The van der Waals surface area contributed by atoms with Gasteiger partial charge in [-0.25, -0.2) is 9.97 Å². The van der Waals surface area contributed by atoms with Crippen molar-refractivity contribution >= 4 is 54.5 Å². The largest absolute Gasteiger partial charge is 0.397 e. The Morgan fingerprint density at radius 1 is 1.14 bits per heavy atom. The summed E-state index contributed by atoms with van der Waals surface area (Å²) in [5, 5.41) is 0. The van der Waals surface area contributed by atoms with E-state index in [1.54, 1.807) is 0 Å². The molecule has 3 aromatic rings. The maximum absolute atomic E-state index is 6.13. The quantitative estimate of drug-likeness (QED) is 0.630. The van der Waals surface area contributed by atoms with Gasteiger partial charge in [0.25, 0.3) is 0 Å². The molecule has 108 valence electrons. The zero-order valence-corrected chi connectivity index (χ0v) is 14.7. The Balaban J connectivity index is 2.17. The van der Waals surface area contributed by atoms with Crippen molar-refractivity contribution < 1.29 is 0 Å². The minimum absolute atomic E-state index is 0.644. The molecule has 0 unspecified atom stereocenters. The van der Waals surface area contributed by atoms with Crippen molar-refractivity contribution in [3.8, 4) is 11.4 Å². The second-order valence-electron chi connectivity index (χ2n) is 4.87. The van der Waals surface area contributed by atoms with Gasteiger partial charge in [-0.05, 0) is 40.2 Å². The molecular weight excluding hydrogens is 398 g/mol. The first kappa shape index (κ1) is 14.3. The Hall–Kier alpha value is -1.60. The van der Waals surface area contributed by atoms with E-state index >= 15 is 0 Å². The van der Waals surface area contributed by atoms with Gasteiger partial charge in [-0.2, -0.15) is 0 Å². The summed E-state index contributed by atoms with van der Waals surface area (Å²) in [6.07, 6.45) is 0. The van der Waals surface area contributed by atoms with Gasteiger partial charge in [-0.15, -0.1) is 0 Å². The molecule has 0 saturated carbocycles. The van der Waals surface area contributed by atoms with Gasteiger partial charge in [0.05, 0.1) is 11.2 Å². The number of aromatic nitrogens is 3. The summed E-state index contributed by atoms with van der Waals surface area (Å²) in [6.45, 7) is 0. The van der Waals surface area contributed by atoms with Crippen LogP contribution in [0.25, 0.3) is 22.6 Å². The number of hydrogen-bond acceptors (Lipinski definition) is 4. The Labute approximate surface area is 138 Å². The molecule has 2 aromatic heterocycles. The Kier molecular flexibility index (Phi) is 3.62. The lowest BCUT2D eigenvalue weighted by molar-refractivity contribution is 1.08. The lowest BCUT2D eigenvalue weighted by atomic mass is 10.2. The molecule has 0 atom stereocenters. The first-order valence-electron chi connectivity index (χ1n) is 6.24. The van der Waals surface area contributed by atoms with Crippen molar-refractivity contribution in [3.05, 3.63) is 33.2 Å². The van der Waals surface area contributed by atoms with Crippen LogP contribution in [0.1, 0.15) is 0 Å². The third-order valence-electron chi connectivity index (χ3n) is 3.14. The molecule has 7 heteroatoms. The van der Waals surface area contributed by atoms with E-state index in [0.717, 1.165) is 25.8 Å². The van der Waals surface area contributed by atoms with Gasteiger partial charge in [-0.1, -0.05) is 15.9 Å². The van der Waals surface area contributed by atoms with Gasteiger partial charge >= 0.3 is 0 Å². The van der Waals surface area contributed by atoms with Crippen molar-refractivity contribution in [1.82, 2.24) is 15.0 Å². The summed E-state index contributed by atoms with van der Waals surface area (Å²) in [4.78, 5) is 14.3. The first-order chi connectivity index (χ1) is 9.95. The van der Waals surface area contributed by atoms with Crippen LogP contribution in [-0.2, 0) is 0 Å². The Morgan fingerprint density at radius 3 is 2.62 bits per heavy atom. The van der Waals surface area contributed by atoms with Crippen molar-refractivity contribution in [2.24, 2.45) is 0 Å². The second kappa shape index (κ2) is 5.31. The molecule has 3 rings (SSSR count). The standard InChI is InChI=1S/C14H13Br2N5/c1-21(2)11-4-3-10-14(19-11)20-13(18-10)8-5-7(15)6-9(16)12(8)17/h3-6H,17H2,1-2H3,(H,18,19,20). The molecule has 0 aliphatic carbocycles. The number of fused-ring (bicyclic) bond motifs is 1. The highest BCUT2D eigenvalue weighted by atomic mass is 79.9. The van der Waals surface area contributed by atoms with Crippen LogP contribution in [-0.4, -0.2) is 29.0 Å². The van der Waals surface area contributed by atoms with Crippen LogP contribution in [0.4, 0.5) is 11.5 Å². The summed E-state index contributed by atoms with van der Waals surface area (Å²) in [6, 6.07) is 7.76. The normalized spacial score (nSPS) is 11.0. The summed E-state index contributed by atoms with van der Waals surface area (Å²) in [7, 11) is 3.90. The number of nitrogen functional groups attached to an aromatic ring is 1. The number of pyridine rings is 1. The summed E-state index contributed by atoms with van der Waals surface area (Å²) in [5.41, 5.74) is 9.16. The van der Waals surface area contributed by atoms with Gasteiger partial charge in [0.2, 0.25) is 0 Å². The average Bonchev–Trinajstić information content (AvgIpc) is 2.85. The fraction of sp³-hybridized carbons (Fsp3) is 0.143. The van der Waals surface area contributed by atoms with Gasteiger partial charge in [0.1, 0.15) is 11.6 Å². The second-order valence-corrected chi connectivity index (χ2v) is 6.64. The lowest BCUT2D eigenvalue weighted by Crippen LogP contribution is -2.10. The zero-order chi connectivity index (χ0) is 15.1. The molecule has 21 heavy (non-hydrogen) atoms. The van der Waals surface area contributed by atoms with Crippen LogP contribution < -0.4 is 10.6 Å². The van der Waals surface area contributed by atoms with Crippen molar-refractivity contribution in [3.63, 3.8) is 0 Å². The van der Waals surface area contributed by atoms with E-state index in [2.05, 4.69) is 46.8 Å². The number of imidazole rings is 1. The monoisotopic (exact) mass is 409 g/mol. The van der Waals surface area contributed by atoms with E-state index in [1.165, 1.54) is 0 Å². The highest BCUT2D eigenvalue weighted by Gasteiger charge is 2.13. The van der Waals surface area contributed by atoms with Crippen LogP contribution in [0.3, 0.4) is 0 Å². The molecule has 0 spiro atoms. The number of benzene rings is 1. The molecule has 1 aromatic carbocycles. The van der Waals surface area contributed by atoms with Crippen molar-refractivity contribution in [2.45, 2.75) is 0 Å². The van der Waals surface area contributed by atoms with Crippen LogP contribution in [0, 0.1) is 0 Å². The van der Waals surface area contributed by atoms with Gasteiger partial charge in [0.15, 0.2) is 5.65 Å². The number of aromatic amines is 1. The van der Waals surface area contributed by atoms with E-state index < -0.39 is 0 Å². The number of nitrogens with zero attached hydrogens (tertiary/aromatic N) is 3. The lowest BCUT2D eigenvalue weighted by Gasteiger charge is -2.09. The van der Waals surface area contributed by atoms with Crippen molar-refractivity contribution in [1.29, 1.82) is 0 Å². The fourth-order valence-corrected chi connectivity index (χ4v) is 3.27. The topological polar surface area (TPSA) is 70.8 Å². The SMILES string of the molecule is CN(C)c1ccc2[nH]c(-c3cc(Br)cc(Br)c3N)nc2n1. The minimum atomic E-state index is 0.644. The average molecular weight is 411 g/mol. The number of rotatable bonds is 2. The highest BCUT2D eigenvalue weighted by Crippen LogP contribution is 2.34. The predicted molar refractivity (Wildman–Crippen MR) is 93.5 cm³/mol. The maximum Gasteiger partial charge on any atom is 0.180 e. The summed E-state index contributed by atoms with van der Waals surface area (Å²) in [5.74, 6) is 1.57. The number of nitrogens with one attached hydrogen (secondary N) is 1. The third kappa shape index (κ3) is 2.63. The van der Waals surface area contributed by atoms with E-state index in [0.29, 0.717) is 17.2 Å². The fourth-order valence-electron chi connectivity index (χ4n) is 2.04. The minimum Gasteiger partial charge on any atom is -0.397 e. The Bertz CT molecular complexity index is 826. The smallest absolute Gasteiger partial charge is 0.180 e. The summed E-state index contributed by atoms with van der Waals surface area (Å²) >= 11 is 6.92. The van der Waals surface area contributed by atoms with Crippen LogP contribution >= 0.6 is 31.9 Å². The van der Waals surface area contributed by atoms with E-state index in [4.69, 9.17) is 5.73 Å². The molecule has 0 fully saturated rings. The first-order valence-corrected chi connectivity index (χ1v) is 7.83. The molecule has 0 aliphatic heterocycles. The van der Waals surface area contributed by atoms with E-state index in [9.17, 15) is 0 Å². The number of halogens is 2. The molecule has 0 saturated heterocycles. The number of H-pyrrole nitrogens is 1. The molecule has 0 bridgehead atoms. The van der Waals surface area contributed by atoms with E-state index in [1.807, 2.05) is 43.3 Å². The van der Waals surface area contributed by atoms with Gasteiger partial charge in [0, 0.05) is 28.6 Å². The molecule has 0 aliphatic rings. The molecular formula is C14H13Br2N5. The predicted octanol–water partition coefficient (Wildman–Crippen LogP) is 3.80. The maximum atomic E-state index is 6.13. The third-order valence-corrected chi connectivity index (χ3v) is 4.25. The van der Waals surface area contributed by atoms with Crippen LogP contribution in [0.15, 0.2) is 33.2 Å². The number of nitrogens with two attached hydrogens (primary N) is 1.